The van der Waals surface area contributed by atoms with Gasteiger partial charge in [-0.3, -0.25) is 4.99 Å². The van der Waals surface area contributed by atoms with Crippen LogP contribution in [0.5, 0.6) is 0 Å². The highest BCUT2D eigenvalue weighted by molar-refractivity contribution is 7.12. The Balaban J connectivity index is 1.72. The average molecular weight is 340 g/mol. The van der Waals surface area contributed by atoms with Crippen LogP contribution in [0.25, 0.3) is 21.5 Å². The van der Waals surface area contributed by atoms with Gasteiger partial charge in [0.25, 0.3) is 0 Å². The van der Waals surface area contributed by atoms with Crippen molar-refractivity contribution < 1.29 is 0 Å². The minimum atomic E-state index is 0.447. The van der Waals surface area contributed by atoms with Crippen molar-refractivity contribution in [1.29, 1.82) is 0 Å². The molecule has 1 fully saturated rings. The second-order valence-electron chi connectivity index (χ2n) is 6.23. The van der Waals surface area contributed by atoms with E-state index in [0.29, 0.717) is 11.9 Å². The molecule has 1 saturated carbocycles. The Labute approximate surface area is 144 Å². The molecule has 4 rings (SSSR count). The van der Waals surface area contributed by atoms with Gasteiger partial charge in [-0.2, -0.15) is 5.10 Å². The van der Waals surface area contributed by atoms with E-state index in [9.17, 15) is 0 Å². The molecule has 2 heterocycles. The maximum absolute atomic E-state index is 5.89. The highest BCUT2D eigenvalue weighted by Crippen LogP contribution is 2.25. The van der Waals surface area contributed by atoms with Gasteiger partial charge in [-0.15, -0.1) is 0 Å². The third-order valence-corrected chi connectivity index (χ3v) is 5.55. The standard InChI is InChI=1S/C17H20N6S/c1-23-17(21-12-5-3-2-4-6-12)24-16(22-23)11-7-8-13-14(9-11)19-10-20-15(13)18/h7-10,12H,2-6H2,1H3,(H2,18,19,20). The summed E-state index contributed by atoms with van der Waals surface area (Å²) in [5, 5.41) is 6.46. The Morgan fingerprint density at radius 1 is 1.21 bits per heavy atom. The monoisotopic (exact) mass is 340 g/mol. The first kappa shape index (κ1) is 15.3. The van der Waals surface area contributed by atoms with E-state index in [2.05, 4.69) is 15.1 Å². The lowest BCUT2D eigenvalue weighted by atomic mass is 9.96. The smallest absolute Gasteiger partial charge is 0.203 e. The van der Waals surface area contributed by atoms with Crippen LogP contribution in [-0.2, 0) is 7.05 Å². The molecule has 124 valence electrons. The van der Waals surface area contributed by atoms with Crippen LogP contribution in [0.3, 0.4) is 0 Å². The lowest BCUT2D eigenvalue weighted by Gasteiger charge is -2.16. The number of nitrogen functional groups attached to an aromatic ring is 1. The van der Waals surface area contributed by atoms with E-state index in [1.165, 1.54) is 38.4 Å². The first-order chi connectivity index (χ1) is 11.7. The maximum atomic E-state index is 5.89. The lowest BCUT2D eigenvalue weighted by Crippen LogP contribution is -2.18. The van der Waals surface area contributed by atoms with Crippen LogP contribution in [-0.4, -0.2) is 25.8 Å². The highest BCUT2D eigenvalue weighted by atomic mass is 32.1. The topological polar surface area (TPSA) is 82.0 Å². The summed E-state index contributed by atoms with van der Waals surface area (Å²) in [6.07, 6.45) is 7.80. The van der Waals surface area contributed by atoms with Crippen molar-refractivity contribution in [2.75, 3.05) is 5.73 Å². The highest BCUT2D eigenvalue weighted by Gasteiger charge is 2.13. The van der Waals surface area contributed by atoms with Gasteiger partial charge >= 0.3 is 0 Å². The van der Waals surface area contributed by atoms with Crippen LogP contribution < -0.4 is 10.5 Å². The Morgan fingerprint density at radius 2 is 2.04 bits per heavy atom. The van der Waals surface area contributed by atoms with Crippen molar-refractivity contribution in [1.82, 2.24) is 19.7 Å². The van der Waals surface area contributed by atoms with Gasteiger partial charge in [0.15, 0.2) is 0 Å². The van der Waals surface area contributed by atoms with Crippen molar-refractivity contribution in [3.63, 3.8) is 0 Å². The van der Waals surface area contributed by atoms with Gasteiger partial charge in [-0.05, 0) is 25.0 Å². The van der Waals surface area contributed by atoms with Crippen molar-refractivity contribution in [3.8, 4) is 10.6 Å². The van der Waals surface area contributed by atoms with Crippen molar-refractivity contribution in [3.05, 3.63) is 29.3 Å². The van der Waals surface area contributed by atoms with Gasteiger partial charge in [0, 0.05) is 18.0 Å². The van der Waals surface area contributed by atoms with Gasteiger partial charge in [0.05, 0.1) is 11.6 Å². The molecule has 0 amide bonds. The first-order valence-corrected chi connectivity index (χ1v) is 9.11. The lowest BCUT2D eigenvalue weighted by molar-refractivity contribution is 0.434. The number of rotatable bonds is 2. The van der Waals surface area contributed by atoms with E-state index < -0.39 is 0 Å². The van der Waals surface area contributed by atoms with Crippen molar-refractivity contribution in [2.24, 2.45) is 12.0 Å². The molecule has 6 nitrogen and oxygen atoms in total. The number of nitrogens with zero attached hydrogens (tertiary/aromatic N) is 5. The summed E-state index contributed by atoms with van der Waals surface area (Å²) in [5.41, 5.74) is 7.76. The molecule has 2 aromatic heterocycles. The molecule has 2 N–H and O–H groups in total. The summed E-state index contributed by atoms with van der Waals surface area (Å²) in [4.78, 5) is 14.2. The van der Waals surface area contributed by atoms with E-state index >= 15 is 0 Å². The molecule has 24 heavy (non-hydrogen) atoms. The normalized spacial score (nSPS) is 16.8. The number of hydrogen-bond donors (Lipinski definition) is 1. The summed E-state index contributed by atoms with van der Waals surface area (Å²) < 4.78 is 1.88. The van der Waals surface area contributed by atoms with Gasteiger partial charge in [-0.1, -0.05) is 36.7 Å². The predicted octanol–water partition coefficient (Wildman–Crippen LogP) is 2.91. The van der Waals surface area contributed by atoms with Crippen LogP contribution in [0.2, 0.25) is 0 Å². The van der Waals surface area contributed by atoms with Gasteiger partial charge in [0.1, 0.15) is 17.2 Å². The second-order valence-corrected chi connectivity index (χ2v) is 7.18. The summed E-state index contributed by atoms with van der Waals surface area (Å²) in [6.45, 7) is 0. The van der Waals surface area contributed by atoms with Crippen LogP contribution >= 0.6 is 11.3 Å². The molecule has 0 atom stereocenters. The number of anilines is 1. The fraction of sp³-hybridized carbons (Fsp3) is 0.412. The number of benzene rings is 1. The molecule has 0 spiro atoms. The van der Waals surface area contributed by atoms with Crippen molar-refractivity contribution in [2.45, 2.75) is 38.1 Å². The van der Waals surface area contributed by atoms with Crippen LogP contribution in [0.1, 0.15) is 32.1 Å². The molecular weight excluding hydrogens is 320 g/mol. The van der Waals surface area contributed by atoms with E-state index in [1.54, 1.807) is 11.3 Å². The van der Waals surface area contributed by atoms with Crippen molar-refractivity contribution >= 4 is 28.1 Å². The zero-order valence-electron chi connectivity index (χ0n) is 13.6. The molecule has 1 aromatic carbocycles. The van der Waals surface area contributed by atoms with Gasteiger partial charge < -0.3 is 5.73 Å². The quantitative estimate of drug-likeness (QED) is 0.777. The number of nitrogens with two attached hydrogens (primary N) is 1. The molecule has 0 saturated heterocycles. The molecular formula is C17H20N6S. The summed E-state index contributed by atoms with van der Waals surface area (Å²) in [5.74, 6) is 0.504. The molecule has 7 heteroatoms. The Morgan fingerprint density at radius 3 is 2.88 bits per heavy atom. The predicted molar refractivity (Wildman–Crippen MR) is 96.5 cm³/mol. The zero-order chi connectivity index (χ0) is 16.5. The number of aromatic nitrogens is 4. The average Bonchev–Trinajstić information content (AvgIpc) is 2.96. The Bertz CT molecular complexity index is 936. The van der Waals surface area contributed by atoms with Crippen LogP contribution in [0, 0.1) is 0 Å². The minimum absolute atomic E-state index is 0.447. The molecule has 1 aliphatic rings. The molecule has 0 unspecified atom stereocenters. The molecule has 0 aliphatic heterocycles. The third-order valence-electron chi connectivity index (χ3n) is 4.49. The fourth-order valence-corrected chi connectivity index (χ4v) is 4.11. The SMILES string of the molecule is Cn1nc(-c2ccc3c(N)ncnc3c2)sc1=NC1CCCCC1. The first-order valence-electron chi connectivity index (χ1n) is 8.29. The van der Waals surface area contributed by atoms with E-state index in [-0.39, 0.29) is 0 Å². The summed E-state index contributed by atoms with van der Waals surface area (Å²) in [7, 11) is 1.96. The summed E-state index contributed by atoms with van der Waals surface area (Å²) in [6, 6.07) is 6.43. The van der Waals surface area contributed by atoms with E-state index in [1.807, 2.05) is 29.9 Å². The number of hydrogen-bond acceptors (Lipinski definition) is 6. The Hall–Kier alpha value is -2.28. The molecule has 0 bridgehead atoms. The second kappa shape index (κ2) is 6.32. The number of aryl methyl sites for hydroxylation is 1. The van der Waals surface area contributed by atoms with E-state index in [4.69, 9.17) is 10.7 Å². The molecule has 3 aromatic rings. The minimum Gasteiger partial charge on any atom is -0.383 e. The fourth-order valence-electron chi connectivity index (χ4n) is 3.16. The molecule has 1 aliphatic carbocycles. The molecule has 0 radical (unpaired) electrons. The number of fused-ring (bicyclic) bond motifs is 1. The van der Waals surface area contributed by atoms with Crippen LogP contribution in [0.4, 0.5) is 5.82 Å². The summed E-state index contributed by atoms with van der Waals surface area (Å²) >= 11 is 1.63. The van der Waals surface area contributed by atoms with Gasteiger partial charge in [0.2, 0.25) is 4.80 Å². The van der Waals surface area contributed by atoms with Crippen LogP contribution in [0.15, 0.2) is 29.5 Å². The van der Waals surface area contributed by atoms with Gasteiger partial charge in [-0.25, -0.2) is 14.6 Å². The largest absolute Gasteiger partial charge is 0.383 e. The van der Waals surface area contributed by atoms with E-state index in [0.717, 1.165) is 26.3 Å². The zero-order valence-corrected chi connectivity index (χ0v) is 14.5. The Kier molecular flexibility index (Phi) is 4.02. The maximum Gasteiger partial charge on any atom is 0.203 e. The third kappa shape index (κ3) is 2.91.